The Kier molecular flexibility index (Phi) is 3.56. The largest absolute Gasteiger partial charge is 0.300 e. The summed E-state index contributed by atoms with van der Waals surface area (Å²) in [6.45, 7) is 5.48. The van der Waals surface area contributed by atoms with E-state index in [1.807, 2.05) is 0 Å². The second kappa shape index (κ2) is 4.92. The molecule has 15 heavy (non-hydrogen) atoms. The zero-order chi connectivity index (χ0) is 10.7. The van der Waals surface area contributed by atoms with E-state index in [2.05, 4.69) is 15.2 Å². The average Bonchev–Trinajstić information content (AvgIpc) is 2.72. The summed E-state index contributed by atoms with van der Waals surface area (Å²) in [5, 5.41) is 0. The van der Waals surface area contributed by atoms with Gasteiger partial charge < -0.3 is 0 Å². The number of amides is 1. The number of nitrogens with zero attached hydrogens (tertiary/aromatic N) is 2. The van der Waals surface area contributed by atoms with Crippen molar-refractivity contribution in [2.45, 2.75) is 25.3 Å². The summed E-state index contributed by atoms with van der Waals surface area (Å²) in [5.74, 6) is 4.98. The minimum Gasteiger partial charge on any atom is -0.300 e. The first-order valence-corrected chi connectivity index (χ1v) is 5.75. The Morgan fingerprint density at radius 2 is 2.27 bits per heavy atom. The molecule has 3 N–H and O–H groups in total. The number of fused-ring (bicyclic) bond motifs is 1. The van der Waals surface area contributed by atoms with Gasteiger partial charge in [-0.25, -0.2) is 5.84 Å². The molecule has 2 saturated heterocycles. The van der Waals surface area contributed by atoms with Gasteiger partial charge in [0.1, 0.15) is 0 Å². The van der Waals surface area contributed by atoms with Crippen molar-refractivity contribution in [2.24, 2.45) is 5.84 Å². The molecule has 1 atom stereocenters. The van der Waals surface area contributed by atoms with E-state index in [1.165, 1.54) is 19.4 Å². The number of rotatable bonds is 3. The minimum atomic E-state index is -0.0659. The van der Waals surface area contributed by atoms with E-state index in [-0.39, 0.29) is 5.91 Å². The summed E-state index contributed by atoms with van der Waals surface area (Å²) in [6, 6.07) is 0.736. The molecule has 0 aliphatic carbocycles. The quantitative estimate of drug-likeness (QED) is 0.363. The molecule has 5 nitrogen and oxygen atoms in total. The number of carbonyl (C=O) groups is 1. The molecule has 5 heteroatoms. The molecule has 1 unspecified atom stereocenters. The number of hydrogen-bond acceptors (Lipinski definition) is 4. The molecule has 0 aromatic rings. The van der Waals surface area contributed by atoms with Crippen LogP contribution in [0.2, 0.25) is 0 Å². The van der Waals surface area contributed by atoms with Gasteiger partial charge in [-0.2, -0.15) is 0 Å². The fourth-order valence-electron chi connectivity index (χ4n) is 2.59. The van der Waals surface area contributed by atoms with Gasteiger partial charge in [0.2, 0.25) is 5.91 Å². The fourth-order valence-corrected chi connectivity index (χ4v) is 2.59. The summed E-state index contributed by atoms with van der Waals surface area (Å²) in [6.07, 6.45) is 3.17. The zero-order valence-corrected chi connectivity index (χ0v) is 9.11. The van der Waals surface area contributed by atoms with Crippen LogP contribution in [-0.2, 0) is 4.79 Å². The molecule has 2 heterocycles. The van der Waals surface area contributed by atoms with Crippen LogP contribution in [0, 0.1) is 0 Å². The number of carbonyl (C=O) groups excluding carboxylic acids is 1. The Hall–Kier alpha value is -0.650. The van der Waals surface area contributed by atoms with E-state index in [0.717, 1.165) is 32.2 Å². The van der Waals surface area contributed by atoms with Gasteiger partial charge in [-0.15, -0.1) is 0 Å². The van der Waals surface area contributed by atoms with Crippen molar-refractivity contribution in [1.82, 2.24) is 15.2 Å². The molecule has 2 rings (SSSR count). The summed E-state index contributed by atoms with van der Waals surface area (Å²) < 4.78 is 0. The topological polar surface area (TPSA) is 61.6 Å². The first kappa shape index (κ1) is 10.9. The van der Waals surface area contributed by atoms with Gasteiger partial charge in [-0.05, 0) is 19.4 Å². The molecule has 0 spiro atoms. The van der Waals surface area contributed by atoms with Crippen LogP contribution >= 0.6 is 0 Å². The Morgan fingerprint density at radius 1 is 1.40 bits per heavy atom. The predicted octanol–water partition coefficient (Wildman–Crippen LogP) is -0.854. The maximum atomic E-state index is 11.0. The first-order valence-electron chi connectivity index (χ1n) is 5.75. The summed E-state index contributed by atoms with van der Waals surface area (Å²) in [7, 11) is 0. The number of nitrogens with two attached hydrogens (primary N) is 1. The van der Waals surface area contributed by atoms with Crippen molar-refractivity contribution in [3.63, 3.8) is 0 Å². The van der Waals surface area contributed by atoms with Gasteiger partial charge in [0, 0.05) is 38.6 Å². The monoisotopic (exact) mass is 212 g/mol. The van der Waals surface area contributed by atoms with Crippen molar-refractivity contribution in [3.8, 4) is 0 Å². The lowest BCUT2D eigenvalue weighted by Crippen LogP contribution is -2.50. The maximum Gasteiger partial charge on any atom is 0.235 e. The van der Waals surface area contributed by atoms with Gasteiger partial charge in [-0.3, -0.25) is 20.0 Å². The third kappa shape index (κ3) is 2.68. The third-order valence-corrected chi connectivity index (χ3v) is 3.49. The van der Waals surface area contributed by atoms with Crippen LogP contribution in [0.4, 0.5) is 0 Å². The minimum absolute atomic E-state index is 0.0659. The van der Waals surface area contributed by atoms with Crippen molar-refractivity contribution in [1.29, 1.82) is 0 Å². The van der Waals surface area contributed by atoms with E-state index in [9.17, 15) is 4.79 Å². The second-order valence-corrected chi connectivity index (χ2v) is 4.45. The highest BCUT2D eigenvalue weighted by molar-refractivity contribution is 5.75. The second-order valence-electron chi connectivity index (χ2n) is 4.45. The molecule has 0 aromatic carbocycles. The van der Waals surface area contributed by atoms with Crippen LogP contribution < -0.4 is 11.3 Å². The molecule has 1 amide bonds. The standard InChI is InChI=1S/C10H20N4O/c11-12-10(15)3-5-13-6-7-14-4-1-2-9(14)8-13/h9H,1-8,11H2,(H,12,15). The van der Waals surface area contributed by atoms with Gasteiger partial charge in [0.25, 0.3) is 0 Å². The molecule has 0 bridgehead atoms. The molecular formula is C10H20N4O. The van der Waals surface area contributed by atoms with Crippen molar-refractivity contribution < 1.29 is 4.79 Å². The molecule has 86 valence electrons. The fraction of sp³-hybridized carbons (Fsp3) is 0.900. The van der Waals surface area contributed by atoms with E-state index in [4.69, 9.17) is 5.84 Å². The van der Waals surface area contributed by atoms with E-state index in [0.29, 0.717) is 6.42 Å². The normalized spacial score (nSPS) is 27.7. The number of hydrazine groups is 1. The predicted molar refractivity (Wildman–Crippen MR) is 58.0 cm³/mol. The van der Waals surface area contributed by atoms with Crippen LogP contribution in [0.3, 0.4) is 0 Å². The van der Waals surface area contributed by atoms with Crippen LogP contribution in [0.5, 0.6) is 0 Å². The van der Waals surface area contributed by atoms with Gasteiger partial charge in [0.05, 0.1) is 0 Å². The molecule has 2 fully saturated rings. The molecular weight excluding hydrogens is 192 g/mol. The van der Waals surface area contributed by atoms with Gasteiger partial charge >= 0.3 is 0 Å². The highest BCUT2D eigenvalue weighted by atomic mass is 16.2. The molecule has 0 radical (unpaired) electrons. The average molecular weight is 212 g/mol. The van der Waals surface area contributed by atoms with Gasteiger partial charge in [-0.1, -0.05) is 0 Å². The van der Waals surface area contributed by atoms with Crippen LogP contribution in [0.15, 0.2) is 0 Å². The lowest BCUT2D eigenvalue weighted by atomic mass is 10.1. The SMILES string of the molecule is NNC(=O)CCN1CCN2CCCC2C1. The lowest BCUT2D eigenvalue weighted by Gasteiger charge is -2.37. The summed E-state index contributed by atoms with van der Waals surface area (Å²) >= 11 is 0. The zero-order valence-electron chi connectivity index (χ0n) is 9.11. The van der Waals surface area contributed by atoms with Crippen LogP contribution in [0.25, 0.3) is 0 Å². The van der Waals surface area contributed by atoms with E-state index in [1.54, 1.807) is 0 Å². The first-order chi connectivity index (χ1) is 7.29. The third-order valence-electron chi connectivity index (χ3n) is 3.49. The van der Waals surface area contributed by atoms with Crippen molar-refractivity contribution in [2.75, 3.05) is 32.7 Å². The van der Waals surface area contributed by atoms with Crippen molar-refractivity contribution in [3.05, 3.63) is 0 Å². The van der Waals surface area contributed by atoms with Crippen molar-refractivity contribution >= 4 is 5.91 Å². The molecule has 0 saturated carbocycles. The smallest absolute Gasteiger partial charge is 0.235 e. The van der Waals surface area contributed by atoms with E-state index < -0.39 is 0 Å². The number of piperazine rings is 1. The van der Waals surface area contributed by atoms with Crippen LogP contribution in [-0.4, -0.2) is 54.5 Å². The van der Waals surface area contributed by atoms with Gasteiger partial charge in [0.15, 0.2) is 0 Å². The van der Waals surface area contributed by atoms with E-state index >= 15 is 0 Å². The Bertz CT molecular complexity index is 233. The Balaban J connectivity index is 1.73. The molecule has 0 aromatic heterocycles. The number of hydrogen-bond donors (Lipinski definition) is 2. The maximum absolute atomic E-state index is 11.0. The van der Waals surface area contributed by atoms with Crippen LogP contribution in [0.1, 0.15) is 19.3 Å². The Morgan fingerprint density at radius 3 is 3.07 bits per heavy atom. The summed E-state index contributed by atoms with van der Waals surface area (Å²) in [4.78, 5) is 16.0. The Labute approximate surface area is 90.6 Å². The highest BCUT2D eigenvalue weighted by Gasteiger charge is 2.30. The summed E-state index contributed by atoms with van der Waals surface area (Å²) in [5.41, 5.74) is 2.17. The number of nitrogens with one attached hydrogen (secondary N) is 1. The lowest BCUT2D eigenvalue weighted by molar-refractivity contribution is -0.121. The molecule has 2 aliphatic heterocycles. The highest BCUT2D eigenvalue weighted by Crippen LogP contribution is 2.21. The molecule has 2 aliphatic rings.